The number of benzene rings is 1. The predicted octanol–water partition coefficient (Wildman–Crippen LogP) is 1.75. The Morgan fingerprint density at radius 2 is 2.24 bits per heavy atom. The number of aromatic amines is 1. The first-order valence-electron chi connectivity index (χ1n) is 10.6. The summed E-state index contributed by atoms with van der Waals surface area (Å²) < 4.78 is 30.4. The molecule has 2 N–H and O–H groups in total. The zero-order valence-corrected chi connectivity index (χ0v) is 18.4. The van der Waals surface area contributed by atoms with Crippen molar-refractivity contribution in [3.63, 3.8) is 0 Å². The highest BCUT2D eigenvalue weighted by Crippen LogP contribution is 2.25. The Kier molecular flexibility index (Phi) is 7.18. The molecule has 2 aliphatic rings. The van der Waals surface area contributed by atoms with Crippen LogP contribution in [0.25, 0.3) is 6.08 Å². The zero-order valence-electron chi connectivity index (χ0n) is 18.4. The normalized spacial score (nSPS) is 20.7. The van der Waals surface area contributed by atoms with Crippen molar-refractivity contribution >= 4 is 35.4 Å². The van der Waals surface area contributed by atoms with Gasteiger partial charge in [0.2, 0.25) is 5.91 Å². The number of ether oxygens (including phenoxy) is 3. The Bertz CT molecular complexity index is 1080. The first-order chi connectivity index (χ1) is 16.4. The lowest BCUT2D eigenvalue weighted by Gasteiger charge is -2.27. The monoisotopic (exact) mass is 473 g/mol. The Balaban J connectivity index is 1.39. The molecule has 2 fully saturated rings. The van der Waals surface area contributed by atoms with Crippen LogP contribution in [0.3, 0.4) is 0 Å². The van der Waals surface area contributed by atoms with Gasteiger partial charge in [0.15, 0.2) is 6.23 Å². The molecule has 4 rings (SSSR count). The molecule has 180 valence electrons. The van der Waals surface area contributed by atoms with Gasteiger partial charge < -0.3 is 29.0 Å². The second-order valence-corrected chi connectivity index (χ2v) is 7.67. The number of hydrogen-bond acceptors (Lipinski definition) is 7. The third-order valence-electron chi connectivity index (χ3n) is 5.48. The number of aromatic nitrogens is 2. The van der Waals surface area contributed by atoms with Gasteiger partial charge >= 0.3 is 6.09 Å². The van der Waals surface area contributed by atoms with E-state index >= 15 is 0 Å². The number of nitrogens with one attached hydrogen (secondary N) is 2. The number of morpholine rings is 1. The minimum absolute atomic E-state index is 0.0654. The van der Waals surface area contributed by atoms with Gasteiger partial charge in [0.05, 0.1) is 43.2 Å². The third kappa shape index (κ3) is 5.41. The van der Waals surface area contributed by atoms with Crippen molar-refractivity contribution in [2.75, 3.05) is 43.6 Å². The number of carbonyl (C=O) groups excluding carboxylic acids is 3. The number of nitrogens with zero attached hydrogens (tertiary/aromatic N) is 3. The molecule has 3 amide bonds. The number of amides is 3. The van der Waals surface area contributed by atoms with E-state index in [9.17, 15) is 18.8 Å². The minimum atomic E-state index is -0.925. The van der Waals surface area contributed by atoms with Gasteiger partial charge in [-0.25, -0.2) is 14.2 Å². The maximum absolute atomic E-state index is 14.6. The summed E-state index contributed by atoms with van der Waals surface area (Å²) in [4.78, 5) is 46.6. The average Bonchev–Trinajstić information content (AvgIpc) is 3.49. The second kappa shape index (κ2) is 10.4. The number of imidazole rings is 1. The van der Waals surface area contributed by atoms with Crippen molar-refractivity contribution in [2.24, 2.45) is 0 Å². The smallest absolute Gasteiger partial charge is 0.413 e. The first kappa shape index (κ1) is 23.4. The van der Waals surface area contributed by atoms with Crippen molar-refractivity contribution < 1.29 is 33.0 Å². The van der Waals surface area contributed by atoms with Gasteiger partial charge in [0.25, 0.3) is 5.91 Å². The van der Waals surface area contributed by atoms with E-state index in [-0.39, 0.29) is 43.2 Å². The molecule has 1 aromatic heterocycles. The fraction of sp³-hybridized carbons (Fsp3) is 0.364. The molecule has 2 atom stereocenters. The van der Waals surface area contributed by atoms with Gasteiger partial charge in [-0.3, -0.25) is 14.9 Å². The van der Waals surface area contributed by atoms with Crippen molar-refractivity contribution in [3.8, 4) is 0 Å². The number of likely N-dealkylation sites (tertiary alicyclic amines) is 1. The highest BCUT2D eigenvalue weighted by atomic mass is 19.1. The van der Waals surface area contributed by atoms with Crippen LogP contribution in [-0.2, 0) is 23.8 Å². The third-order valence-corrected chi connectivity index (χ3v) is 5.48. The summed E-state index contributed by atoms with van der Waals surface area (Å²) in [6.07, 6.45) is 4.08. The fourth-order valence-corrected chi connectivity index (χ4v) is 3.72. The van der Waals surface area contributed by atoms with E-state index in [2.05, 4.69) is 15.3 Å². The molecule has 0 saturated carbocycles. The van der Waals surface area contributed by atoms with E-state index in [1.165, 1.54) is 41.4 Å². The second-order valence-electron chi connectivity index (χ2n) is 7.67. The van der Waals surface area contributed by atoms with Crippen molar-refractivity contribution in [2.45, 2.75) is 18.8 Å². The highest BCUT2D eigenvalue weighted by Gasteiger charge is 2.37. The van der Waals surface area contributed by atoms with Crippen LogP contribution in [0.4, 0.5) is 20.6 Å². The molecule has 3 heterocycles. The van der Waals surface area contributed by atoms with E-state index in [1.807, 2.05) is 0 Å². The summed E-state index contributed by atoms with van der Waals surface area (Å²) in [5.74, 6) is -1.38. The maximum atomic E-state index is 14.6. The van der Waals surface area contributed by atoms with Crippen molar-refractivity contribution in [3.05, 3.63) is 48.3 Å². The van der Waals surface area contributed by atoms with E-state index in [1.54, 1.807) is 12.3 Å². The lowest BCUT2D eigenvalue weighted by molar-refractivity contribution is -0.132. The van der Waals surface area contributed by atoms with Gasteiger partial charge in [-0.15, -0.1) is 0 Å². The highest BCUT2D eigenvalue weighted by molar-refractivity contribution is 5.95. The predicted molar refractivity (Wildman–Crippen MR) is 118 cm³/mol. The molecule has 0 spiro atoms. The maximum Gasteiger partial charge on any atom is 0.413 e. The van der Waals surface area contributed by atoms with Gasteiger partial charge in [-0.2, -0.15) is 0 Å². The molecule has 1 aromatic carbocycles. The summed E-state index contributed by atoms with van der Waals surface area (Å²) in [6, 6.07) is 4.03. The largest absolute Gasteiger partial charge is 0.425 e. The number of carbonyl (C=O) groups is 3. The van der Waals surface area contributed by atoms with Gasteiger partial charge in [0.1, 0.15) is 12.4 Å². The molecule has 0 aliphatic carbocycles. The van der Waals surface area contributed by atoms with Gasteiger partial charge in [-0.05, 0) is 24.3 Å². The van der Waals surface area contributed by atoms with Crippen LogP contribution < -0.4 is 10.2 Å². The van der Waals surface area contributed by atoms with Crippen LogP contribution in [0, 0.1) is 5.82 Å². The van der Waals surface area contributed by atoms with Crippen LogP contribution in [0.5, 0.6) is 0 Å². The fourth-order valence-electron chi connectivity index (χ4n) is 3.72. The zero-order chi connectivity index (χ0) is 24.1. The number of anilines is 2. The average molecular weight is 473 g/mol. The van der Waals surface area contributed by atoms with Gasteiger partial charge in [-0.1, -0.05) is 0 Å². The number of hydrogen-bond donors (Lipinski definition) is 2. The first-order valence-corrected chi connectivity index (χ1v) is 10.6. The summed E-state index contributed by atoms with van der Waals surface area (Å²) in [5.41, 5.74) is 0.890. The Morgan fingerprint density at radius 3 is 2.94 bits per heavy atom. The van der Waals surface area contributed by atoms with Crippen LogP contribution in [-0.4, -0.2) is 78.5 Å². The van der Waals surface area contributed by atoms with Crippen LogP contribution >= 0.6 is 0 Å². The molecule has 11 nitrogen and oxygen atoms in total. The van der Waals surface area contributed by atoms with Gasteiger partial charge in [0, 0.05) is 31.8 Å². The van der Waals surface area contributed by atoms with Crippen LogP contribution in [0.2, 0.25) is 0 Å². The number of halogens is 1. The summed E-state index contributed by atoms with van der Waals surface area (Å²) in [5, 5.41) is 2.35. The number of rotatable bonds is 6. The topological polar surface area (TPSA) is 126 Å². The molecule has 34 heavy (non-hydrogen) atoms. The minimum Gasteiger partial charge on any atom is -0.425 e. The molecule has 0 unspecified atom stereocenters. The van der Waals surface area contributed by atoms with E-state index in [0.717, 1.165) is 6.07 Å². The van der Waals surface area contributed by atoms with Crippen molar-refractivity contribution in [1.82, 2.24) is 14.9 Å². The Hall–Kier alpha value is -3.77. The molecule has 12 heteroatoms. The quantitative estimate of drug-likeness (QED) is 0.612. The van der Waals surface area contributed by atoms with Crippen molar-refractivity contribution in [1.29, 1.82) is 0 Å². The van der Waals surface area contributed by atoms with E-state index in [0.29, 0.717) is 24.5 Å². The molecule has 2 saturated heterocycles. The lowest BCUT2D eigenvalue weighted by atomic mass is 10.2. The molecular formula is C22H24FN5O6. The van der Waals surface area contributed by atoms with E-state index in [4.69, 9.17) is 14.2 Å². The van der Waals surface area contributed by atoms with Crippen LogP contribution in [0.15, 0.2) is 36.8 Å². The SMILES string of the molecule is CO[C@@H]1C[C@@H](OC(=O)Nc2ccc(N3CCOCC3=O)cc2F)N(C(=O)/C=C/c2cnc[nH]2)C1. The summed E-state index contributed by atoms with van der Waals surface area (Å²) >= 11 is 0. The molecule has 0 bridgehead atoms. The Labute approximate surface area is 194 Å². The number of methoxy groups -OCH3 is 1. The Morgan fingerprint density at radius 1 is 1.38 bits per heavy atom. The number of H-pyrrole nitrogens is 1. The summed E-state index contributed by atoms with van der Waals surface area (Å²) in [6.45, 7) is 0.839. The van der Waals surface area contributed by atoms with E-state index < -0.39 is 18.1 Å². The molecule has 0 radical (unpaired) electrons. The summed E-state index contributed by atoms with van der Waals surface area (Å²) in [7, 11) is 1.51. The van der Waals surface area contributed by atoms with Crippen LogP contribution in [0.1, 0.15) is 12.1 Å². The molecule has 2 aliphatic heterocycles. The lowest BCUT2D eigenvalue weighted by Crippen LogP contribution is -2.41. The molecular weight excluding hydrogens is 449 g/mol. The molecule has 2 aromatic rings. The standard InChI is InChI=1S/C22H24FN5O6/c1-32-16-9-21(28(11-16)19(29)5-2-14-10-24-13-25-14)34-22(31)26-18-4-3-15(8-17(18)23)27-6-7-33-12-20(27)30/h2-5,8,10,13,16,21H,6-7,9,11-12H2,1H3,(H,24,25)(H,26,31)/b5-2+/t16-,21-/m1/s1.